The molecule has 3 aliphatic heterocycles. The molecule has 0 spiro atoms. The summed E-state index contributed by atoms with van der Waals surface area (Å²) in [5.74, 6) is 0.0590. The number of likely N-dealkylation sites (N-methyl/N-ethyl adjacent to an activating group) is 1. The predicted octanol–water partition coefficient (Wildman–Crippen LogP) is 1.98. The number of aromatic nitrogens is 2. The van der Waals surface area contributed by atoms with E-state index in [0.717, 1.165) is 59.7 Å². The highest BCUT2D eigenvalue weighted by Gasteiger charge is 2.30. The Morgan fingerprint density at radius 3 is 2.80 bits per heavy atom. The zero-order chi connectivity index (χ0) is 20.8. The molecular formula is C22H26N5O2P. The zero-order valence-electron chi connectivity index (χ0n) is 17.2. The predicted molar refractivity (Wildman–Crippen MR) is 119 cm³/mol. The number of imidazole rings is 1. The Morgan fingerprint density at radius 1 is 1.23 bits per heavy atom. The molecule has 8 heteroatoms. The molecule has 5 rings (SSSR count). The monoisotopic (exact) mass is 423 g/mol. The highest BCUT2D eigenvalue weighted by atomic mass is 31.1. The number of allylic oxidation sites excluding steroid dienone is 1. The van der Waals surface area contributed by atoms with E-state index in [1.807, 2.05) is 40.9 Å². The maximum atomic E-state index is 13.0. The van der Waals surface area contributed by atoms with E-state index in [1.165, 1.54) is 0 Å². The summed E-state index contributed by atoms with van der Waals surface area (Å²) in [7, 11) is 2.59. The summed E-state index contributed by atoms with van der Waals surface area (Å²) < 4.78 is 1.94. The number of amides is 1. The van der Waals surface area contributed by atoms with Crippen molar-refractivity contribution in [2.45, 2.75) is 19.3 Å². The highest BCUT2D eigenvalue weighted by molar-refractivity contribution is 7.51. The minimum absolute atomic E-state index is 0.0113. The number of hydrogen-bond donors (Lipinski definition) is 1. The second kappa shape index (κ2) is 7.65. The molecule has 0 aliphatic carbocycles. The Hall–Kier alpha value is -2.47. The van der Waals surface area contributed by atoms with Gasteiger partial charge in [0.25, 0.3) is 5.91 Å². The van der Waals surface area contributed by atoms with Gasteiger partial charge in [-0.25, -0.2) is 4.98 Å². The Balaban J connectivity index is 1.43. The molecule has 0 saturated carbocycles. The summed E-state index contributed by atoms with van der Waals surface area (Å²) in [6, 6.07) is 1.96. The number of carbonyl (C=O) groups is 1. The Bertz CT molecular complexity index is 1090. The number of aliphatic hydroxyl groups is 1. The van der Waals surface area contributed by atoms with E-state index >= 15 is 0 Å². The maximum Gasteiger partial charge on any atom is 0.252 e. The summed E-state index contributed by atoms with van der Waals surface area (Å²) >= 11 is 0. The van der Waals surface area contributed by atoms with Crippen LogP contribution in [0.1, 0.15) is 16.8 Å². The molecule has 156 valence electrons. The quantitative estimate of drug-likeness (QED) is 0.765. The van der Waals surface area contributed by atoms with Crippen LogP contribution in [0.15, 0.2) is 48.6 Å². The van der Waals surface area contributed by atoms with Crippen molar-refractivity contribution in [2.75, 3.05) is 33.2 Å². The fourth-order valence-corrected chi connectivity index (χ4v) is 5.60. The van der Waals surface area contributed by atoms with Gasteiger partial charge >= 0.3 is 0 Å². The first-order valence-electron chi connectivity index (χ1n) is 10.3. The van der Waals surface area contributed by atoms with E-state index in [9.17, 15) is 9.90 Å². The van der Waals surface area contributed by atoms with E-state index in [-0.39, 0.29) is 18.3 Å². The lowest BCUT2D eigenvalue weighted by Gasteiger charge is -2.39. The molecule has 2 aromatic heterocycles. The summed E-state index contributed by atoms with van der Waals surface area (Å²) in [5, 5.41) is 10.8. The minimum atomic E-state index is -0.0787. The Morgan fingerprint density at radius 2 is 2.03 bits per heavy atom. The van der Waals surface area contributed by atoms with Crippen LogP contribution in [0.4, 0.5) is 0 Å². The van der Waals surface area contributed by atoms with Gasteiger partial charge < -0.3 is 24.2 Å². The summed E-state index contributed by atoms with van der Waals surface area (Å²) in [6.45, 7) is 5.90. The molecule has 1 saturated heterocycles. The van der Waals surface area contributed by atoms with Crippen LogP contribution in [-0.2, 0) is 11.4 Å². The van der Waals surface area contributed by atoms with Crippen LogP contribution in [0.3, 0.4) is 0 Å². The van der Waals surface area contributed by atoms with Gasteiger partial charge in [0.15, 0.2) is 0 Å². The topological polar surface area (TPSA) is 64.3 Å². The van der Waals surface area contributed by atoms with Crippen molar-refractivity contribution in [2.24, 2.45) is 0 Å². The zero-order valence-corrected chi connectivity index (χ0v) is 18.2. The number of carbonyl (C=O) groups excluding carboxylic acids is 1. The van der Waals surface area contributed by atoms with E-state index in [1.54, 1.807) is 6.08 Å². The molecule has 1 N–H and O–H groups in total. The minimum Gasteiger partial charge on any atom is -0.392 e. The third kappa shape index (κ3) is 3.47. The average molecular weight is 423 g/mol. The number of aliphatic hydroxyl groups excluding tert-OH is 1. The highest BCUT2D eigenvalue weighted by Crippen LogP contribution is 2.45. The van der Waals surface area contributed by atoms with Crippen LogP contribution >= 0.6 is 8.58 Å². The maximum absolute atomic E-state index is 13.0. The van der Waals surface area contributed by atoms with Crippen molar-refractivity contribution in [3.8, 4) is 0 Å². The number of pyridine rings is 1. The van der Waals surface area contributed by atoms with Crippen LogP contribution in [-0.4, -0.2) is 74.1 Å². The van der Waals surface area contributed by atoms with Crippen molar-refractivity contribution in [3.05, 3.63) is 65.4 Å². The van der Waals surface area contributed by atoms with Crippen LogP contribution in [0.25, 0.3) is 11.0 Å². The largest absolute Gasteiger partial charge is 0.392 e. The average Bonchev–Trinajstić information content (AvgIpc) is 3.13. The molecule has 0 radical (unpaired) electrons. The molecular weight excluding hydrogens is 397 g/mol. The standard InChI is InChI=1S/C22H26N5O2P/c1-15-11-26-12-16(9-17(14-28)22(26)23-15)19-10-20(29)27-13-18(3-4-21(27)30-19)25-7-5-24(2)6-8-25/h3-4,9-13,21,28,30H,5-8,14H2,1-2H3. The molecule has 3 aliphatic rings. The van der Waals surface area contributed by atoms with Gasteiger partial charge in [-0.05, 0) is 37.0 Å². The third-order valence-corrected chi connectivity index (χ3v) is 7.45. The van der Waals surface area contributed by atoms with Gasteiger partial charge in [-0.15, -0.1) is 0 Å². The summed E-state index contributed by atoms with van der Waals surface area (Å²) in [5.41, 5.74) is 4.53. The number of aryl methyl sites for hydroxylation is 1. The Labute approximate surface area is 177 Å². The molecule has 0 bridgehead atoms. The molecule has 2 atom stereocenters. The SMILES string of the molecule is Cc1cn2cc(C3=CC(=O)N4C=C(N5CCN(C)CC5)C=CC4P3)cc(CO)c2n1. The van der Waals surface area contributed by atoms with Gasteiger partial charge in [0.05, 0.1) is 23.8 Å². The van der Waals surface area contributed by atoms with Crippen molar-refractivity contribution >= 4 is 25.4 Å². The molecule has 5 heterocycles. The van der Waals surface area contributed by atoms with E-state index < -0.39 is 0 Å². The third-order valence-electron chi connectivity index (χ3n) is 5.94. The first-order chi connectivity index (χ1) is 14.5. The van der Waals surface area contributed by atoms with Crippen LogP contribution in [0.2, 0.25) is 0 Å². The fraction of sp³-hybridized carbons (Fsp3) is 0.364. The van der Waals surface area contributed by atoms with Crippen molar-refractivity contribution in [1.82, 2.24) is 24.1 Å². The number of piperazine rings is 1. The number of rotatable bonds is 3. The molecule has 2 unspecified atom stereocenters. The molecule has 1 amide bonds. The first-order valence-corrected chi connectivity index (χ1v) is 11.3. The van der Waals surface area contributed by atoms with Gasteiger partial charge in [-0.2, -0.15) is 0 Å². The van der Waals surface area contributed by atoms with E-state index in [4.69, 9.17) is 0 Å². The normalized spacial score (nSPS) is 23.2. The van der Waals surface area contributed by atoms with Gasteiger partial charge in [0, 0.05) is 56.4 Å². The van der Waals surface area contributed by atoms with E-state index in [2.05, 4.69) is 34.0 Å². The molecule has 7 nitrogen and oxygen atoms in total. The fourth-order valence-electron chi connectivity index (χ4n) is 4.24. The Kier molecular flexibility index (Phi) is 4.97. The molecule has 30 heavy (non-hydrogen) atoms. The van der Waals surface area contributed by atoms with E-state index in [0.29, 0.717) is 8.58 Å². The first kappa shape index (κ1) is 19.5. The molecule has 0 aromatic carbocycles. The van der Waals surface area contributed by atoms with Crippen molar-refractivity contribution < 1.29 is 9.90 Å². The molecule has 1 fully saturated rings. The number of fused-ring (bicyclic) bond motifs is 2. The van der Waals surface area contributed by atoms with Crippen LogP contribution in [0.5, 0.6) is 0 Å². The van der Waals surface area contributed by atoms with Gasteiger partial charge in [-0.1, -0.05) is 14.7 Å². The van der Waals surface area contributed by atoms with Gasteiger partial charge in [0.1, 0.15) is 5.65 Å². The van der Waals surface area contributed by atoms with Gasteiger partial charge in [-0.3, -0.25) is 4.79 Å². The number of nitrogens with zero attached hydrogens (tertiary/aromatic N) is 5. The van der Waals surface area contributed by atoms with Crippen LogP contribution < -0.4 is 0 Å². The van der Waals surface area contributed by atoms with Crippen molar-refractivity contribution in [3.63, 3.8) is 0 Å². The second-order valence-corrected chi connectivity index (χ2v) is 9.54. The van der Waals surface area contributed by atoms with Crippen LogP contribution in [0, 0.1) is 6.92 Å². The summed E-state index contributed by atoms with van der Waals surface area (Å²) in [6.07, 6.45) is 12.0. The lowest BCUT2D eigenvalue weighted by atomic mass is 10.1. The summed E-state index contributed by atoms with van der Waals surface area (Å²) in [4.78, 5) is 24.0. The number of hydrogen-bond acceptors (Lipinski definition) is 5. The lowest BCUT2D eigenvalue weighted by molar-refractivity contribution is -0.123. The van der Waals surface area contributed by atoms with Crippen molar-refractivity contribution in [1.29, 1.82) is 0 Å². The smallest absolute Gasteiger partial charge is 0.252 e. The lowest BCUT2D eigenvalue weighted by Crippen LogP contribution is -2.45. The van der Waals surface area contributed by atoms with Gasteiger partial charge in [0.2, 0.25) is 0 Å². The molecule has 2 aromatic rings. The second-order valence-electron chi connectivity index (χ2n) is 8.12.